The van der Waals surface area contributed by atoms with E-state index in [0.29, 0.717) is 16.5 Å². The van der Waals surface area contributed by atoms with Gasteiger partial charge < -0.3 is 8.98 Å². The lowest BCUT2D eigenvalue weighted by Gasteiger charge is -2.28. The molecule has 4 nitrogen and oxygen atoms in total. The molecule has 0 aliphatic heterocycles. The molecule has 3 aromatic heterocycles. The number of hydrogen-bond donors (Lipinski definition) is 0. The van der Waals surface area contributed by atoms with Crippen molar-refractivity contribution < 1.29 is 4.42 Å². The predicted octanol–water partition coefficient (Wildman–Crippen LogP) is -1.33. The van der Waals surface area contributed by atoms with Gasteiger partial charge in [-0.15, -0.1) is 32.8 Å². The van der Waals surface area contributed by atoms with Crippen LogP contribution in [-0.2, 0) is 0 Å². The SMILES string of the molecule is [B]c1c([B])c([B])c(-c2nc(-c3c([B])c([B])c(-c4c([B])c([B])c([B])c([B])c4[B])c([B])c3[B])c3oc4ccc(-c5ccc6c7c5c5ccccc5c5cccc(c57)n6-c5ccc(-c6ccccc6)cc5)cc4c3n2)c([B])c1[B]. The third-order valence-electron chi connectivity index (χ3n) is 15.1. The van der Waals surface area contributed by atoms with Crippen LogP contribution in [0.3, 0.4) is 0 Å². The first-order chi connectivity index (χ1) is 36.6. The van der Waals surface area contributed by atoms with Crippen LogP contribution < -0.4 is 76.5 Å². The minimum absolute atomic E-state index is 0.00396. The standard InChI is InChI=1S/C58H21B14N3O/c59-41-37(38-43(61)49(67)53(71)50(68)44(38)62)42(60)46(64)39(45(41)63)56-57-55(73-58(74-56)40-47(65)51(69)54(72)52(70)48(40)66)30-21-24(15-20-33(30)76-57)26-18-19-32-36-34(26)28-10-5-4-9-27(28)29-11-6-12-31(35(29)36)75(32)25-16-13-23(14-17-25)22-7-2-1-3-8-22/h1-21H. The molecule has 10 aromatic carbocycles. The van der Waals surface area contributed by atoms with E-state index < -0.39 is 0 Å². The molecular weight excluding hydrogens is 906 g/mol. The lowest BCUT2D eigenvalue weighted by atomic mass is 9.56. The fourth-order valence-corrected chi connectivity index (χ4v) is 11.2. The van der Waals surface area contributed by atoms with Gasteiger partial charge in [0.05, 0.1) is 11.0 Å². The number of rotatable bonds is 6. The number of nitrogens with zero attached hydrogens (tertiary/aromatic N) is 3. The molecule has 316 valence electrons. The van der Waals surface area contributed by atoms with Gasteiger partial charge in [-0.25, -0.2) is 9.97 Å². The topological polar surface area (TPSA) is 43.9 Å². The molecule has 0 fully saturated rings. The first-order valence-corrected chi connectivity index (χ1v) is 24.0. The molecule has 0 saturated carbocycles. The van der Waals surface area contributed by atoms with Gasteiger partial charge in [-0.2, -0.15) is 0 Å². The van der Waals surface area contributed by atoms with Gasteiger partial charge in [0.1, 0.15) is 127 Å². The second-order valence-corrected chi connectivity index (χ2v) is 19.1. The van der Waals surface area contributed by atoms with E-state index in [1.54, 1.807) is 0 Å². The van der Waals surface area contributed by atoms with Crippen LogP contribution in [0.5, 0.6) is 0 Å². The minimum atomic E-state index is -0.0752. The van der Waals surface area contributed by atoms with E-state index in [0.717, 1.165) is 71.3 Å². The van der Waals surface area contributed by atoms with E-state index in [1.807, 2.05) is 36.4 Å². The minimum Gasteiger partial charge on any atom is -0.452 e. The maximum absolute atomic E-state index is 7.02. The van der Waals surface area contributed by atoms with Crippen LogP contribution in [0.15, 0.2) is 132 Å². The summed E-state index contributed by atoms with van der Waals surface area (Å²) < 4.78 is 9.08. The molecule has 0 saturated heterocycles. The van der Waals surface area contributed by atoms with Crippen molar-refractivity contribution in [3.05, 3.63) is 127 Å². The van der Waals surface area contributed by atoms with Crippen LogP contribution in [-0.4, -0.2) is 124 Å². The Bertz CT molecular complexity index is 4600. The van der Waals surface area contributed by atoms with Gasteiger partial charge in [0.2, 0.25) is 0 Å². The number of benzene rings is 10. The van der Waals surface area contributed by atoms with Crippen molar-refractivity contribution in [1.82, 2.24) is 14.5 Å². The molecule has 0 aliphatic carbocycles. The number of furan rings is 1. The van der Waals surface area contributed by atoms with Gasteiger partial charge in [0.15, 0.2) is 11.4 Å². The van der Waals surface area contributed by atoms with Gasteiger partial charge in [-0.3, -0.25) is 0 Å². The van der Waals surface area contributed by atoms with E-state index in [1.165, 1.54) is 0 Å². The van der Waals surface area contributed by atoms with Gasteiger partial charge in [-0.05, 0) is 91.5 Å². The summed E-state index contributed by atoms with van der Waals surface area (Å²) in [7, 11) is 92.1. The van der Waals surface area contributed by atoms with E-state index in [2.05, 4.69) is 95.6 Å². The monoisotopic (exact) mass is 929 g/mol. The Labute approximate surface area is 457 Å². The quantitative estimate of drug-likeness (QED) is 0.154. The average molecular weight is 927 g/mol. The van der Waals surface area contributed by atoms with Gasteiger partial charge in [0, 0.05) is 32.8 Å². The van der Waals surface area contributed by atoms with Crippen LogP contribution in [0.25, 0.3) is 127 Å². The Balaban J connectivity index is 1.08. The molecule has 0 atom stereocenters. The number of aromatic nitrogens is 3. The molecule has 0 amide bonds. The average Bonchev–Trinajstić information content (AvgIpc) is 4.05. The molecule has 18 heteroatoms. The van der Waals surface area contributed by atoms with Crippen molar-refractivity contribution in [1.29, 1.82) is 0 Å². The van der Waals surface area contributed by atoms with Crippen LogP contribution in [0, 0.1) is 0 Å². The highest BCUT2D eigenvalue weighted by molar-refractivity contribution is 6.71. The molecule has 0 aliphatic rings. The molecule has 3 heterocycles. The van der Waals surface area contributed by atoms with Crippen molar-refractivity contribution >= 4 is 252 Å². The summed E-state index contributed by atoms with van der Waals surface area (Å²) in [6.45, 7) is 0. The molecule has 0 unspecified atom stereocenters. The fourth-order valence-electron chi connectivity index (χ4n) is 11.2. The Morgan fingerprint density at radius 2 is 0.829 bits per heavy atom. The zero-order valence-electron chi connectivity index (χ0n) is 40.5. The predicted molar refractivity (Wildman–Crippen MR) is 332 cm³/mol. The molecule has 13 rings (SSSR count). The number of hydrogen-bond acceptors (Lipinski definition) is 3. The summed E-state index contributed by atoms with van der Waals surface area (Å²) in [5.41, 5.74) is 8.20. The van der Waals surface area contributed by atoms with Gasteiger partial charge in [0.25, 0.3) is 0 Å². The molecule has 0 bridgehead atoms. The lowest BCUT2D eigenvalue weighted by Crippen LogP contribution is -2.57. The zero-order valence-corrected chi connectivity index (χ0v) is 40.5. The molecule has 28 radical (unpaired) electrons. The highest BCUT2D eigenvalue weighted by atomic mass is 16.3. The Morgan fingerprint density at radius 1 is 0.342 bits per heavy atom. The van der Waals surface area contributed by atoms with Gasteiger partial charge in [-0.1, -0.05) is 135 Å². The lowest BCUT2D eigenvalue weighted by molar-refractivity contribution is 0.667. The first-order valence-electron chi connectivity index (χ1n) is 24.0. The van der Waals surface area contributed by atoms with Crippen LogP contribution in [0.1, 0.15) is 0 Å². The molecule has 0 spiro atoms. The molecule has 13 aromatic rings. The van der Waals surface area contributed by atoms with Crippen LogP contribution in [0.4, 0.5) is 0 Å². The largest absolute Gasteiger partial charge is 0.452 e. The molecule has 76 heavy (non-hydrogen) atoms. The Morgan fingerprint density at radius 3 is 1.46 bits per heavy atom. The van der Waals surface area contributed by atoms with E-state index in [9.17, 15) is 0 Å². The van der Waals surface area contributed by atoms with E-state index in [4.69, 9.17) is 124 Å². The van der Waals surface area contributed by atoms with Crippen molar-refractivity contribution in [2.75, 3.05) is 0 Å². The third kappa shape index (κ3) is 6.77. The van der Waals surface area contributed by atoms with Gasteiger partial charge >= 0.3 is 0 Å². The number of fused-ring (bicyclic) bond motifs is 6. The van der Waals surface area contributed by atoms with E-state index >= 15 is 0 Å². The van der Waals surface area contributed by atoms with E-state index in [-0.39, 0.29) is 116 Å². The first kappa shape index (κ1) is 48.2. The highest BCUT2D eigenvalue weighted by Crippen LogP contribution is 2.48. The summed E-state index contributed by atoms with van der Waals surface area (Å²) in [6.07, 6.45) is 0. The second kappa shape index (κ2) is 17.6. The normalized spacial score (nSPS) is 11.9. The van der Waals surface area contributed by atoms with Crippen molar-refractivity contribution in [3.63, 3.8) is 0 Å². The second-order valence-electron chi connectivity index (χ2n) is 19.1. The highest BCUT2D eigenvalue weighted by Gasteiger charge is 2.28. The molecular formula is C58H21B14N3O. The summed E-state index contributed by atoms with van der Waals surface area (Å²) >= 11 is 0. The van der Waals surface area contributed by atoms with Crippen LogP contribution >= 0.6 is 0 Å². The van der Waals surface area contributed by atoms with Crippen molar-refractivity contribution in [2.24, 2.45) is 0 Å². The maximum Gasteiger partial charge on any atom is 0.180 e. The molecule has 0 N–H and O–H groups in total. The summed E-state index contributed by atoms with van der Waals surface area (Å²) in [5.74, 6) is -0.0147. The zero-order chi connectivity index (χ0) is 52.9. The van der Waals surface area contributed by atoms with Crippen LogP contribution in [0.2, 0.25) is 0 Å². The van der Waals surface area contributed by atoms with Crippen molar-refractivity contribution in [2.45, 2.75) is 0 Å². The van der Waals surface area contributed by atoms with Crippen molar-refractivity contribution in [3.8, 4) is 61.7 Å². The third-order valence-corrected chi connectivity index (χ3v) is 15.1. The maximum atomic E-state index is 7.02. The summed E-state index contributed by atoms with van der Waals surface area (Å²) in [5, 5.41) is 7.31. The fraction of sp³-hybridized carbons (Fsp3) is 0. The summed E-state index contributed by atoms with van der Waals surface area (Å²) in [4.78, 5) is 10.1. The summed E-state index contributed by atoms with van der Waals surface area (Å²) in [6, 6.07) is 44.3. The Hall–Kier alpha value is -7.43. The Kier molecular flexibility index (Phi) is 11.1. The smallest absolute Gasteiger partial charge is 0.180 e.